The van der Waals surface area contributed by atoms with E-state index in [0.29, 0.717) is 33.8 Å². The van der Waals surface area contributed by atoms with Crippen molar-refractivity contribution in [3.8, 4) is 23.0 Å². The van der Waals surface area contributed by atoms with Gasteiger partial charge in [0.1, 0.15) is 23.0 Å². The molecule has 5 nitrogen and oxygen atoms in total. The zero-order valence-electron chi connectivity index (χ0n) is 17.0. The molecule has 3 aromatic rings. The van der Waals surface area contributed by atoms with E-state index in [0.717, 1.165) is 11.1 Å². The normalized spacial score (nSPS) is 14.4. The van der Waals surface area contributed by atoms with Crippen molar-refractivity contribution in [1.82, 2.24) is 0 Å². The Balaban J connectivity index is 0.00000106. The summed E-state index contributed by atoms with van der Waals surface area (Å²) in [5.74, 6) is 0.336. The first kappa shape index (κ1) is 19.6. The molecule has 0 saturated heterocycles. The molecule has 0 radical (unpaired) electrons. The number of carbonyl (C=O) groups excluding carboxylic acids is 1. The molecule has 0 saturated carbocycles. The van der Waals surface area contributed by atoms with Crippen molar-refractivity contribution in [3.63, 3.8) is 0 Å². The van der Waals surface area contributed by atoms with Crippen LogP contribution in [0.2, 0.25) is 0 Å². The summed E-state index contributed by atoms with van der Waals surface area (Å²) in [6.45, 7) is 9.82. The number of carbonyl (C=O) groups is 1. The molecule has 2 aliphatic rings. The van der Waals surface area contributed by atoms with E-state index in [1.807, 2.05) is 32.9 Å². The van der Waals surface area contributed by atoms with Gasteiger partial charge in [0, 0.05) is 28.8 Å². The fourth-order valence-corrected chi connectivity index (χ4v) is 3.97. The summed E-state index contributed by atoms with van der Waals surface area (Å²) >= 11 is 0. The second-order valence-corrected chi connectivity index (χ2v) is 7.07. The zero-order valence-corrected chi connectivity index (χ0v) is 17.0. The summed E-state index contributed by atoms with van der Waals surface area (Å²) in [6, 6.07) is 14.9. The number of rotatable bonds is 1. The molecule has 0 aliphatic carbocycles. The summed E-state index contributed by atoms with van der Waals surface area (Å²) in [7, 11) is 0. The summed E-state index contributed by atoms with van der Waals surface area (Å²) in [6.07, 6.45) is 0. The maximum atomic E-state index is 12.9. The third-order valence-corrected chi connectivity index (χ3v) is 5.27. The van der Waals surface area contributed by atoms with E-state index >= 15 is 0 Å². The van der Waals surface area contributed by atoms with Crippen LogP contribution in [0.3, 0.4) is 0 Å². The highest BCUT2D eigenvalue weighted by Gasteiger charge is 2.53. The summed E-state index contributed by atoms with van der Waals surface area (Å²) in [4.78, 5) is 12.9. The Bertz CT molecular complexity index is 1140. The molecular weight excluding hydrogens is 380 g/mol. The van der Waals surface area contributed by atoms with Crippen LogP contribution in [0.4, 0.5) is 0 Å². The van der Waals surface area contributed by atoms with Crippen LogP contribution in [0.1, 0.15) is 53.4 Å². The standard InChI is InChI=1S/C23H16O5.C2H6/c1-12(2)13-3-6-17-16(9-13)22(26)28-23(17)18-7-4-14(24)10-20(18)27-21-11-15(25)5-8-19(21)23;1-2/h3-11,24-25H,1H2,2H3;1-2H3. The first-order valence-corrected chi connectivity index (χ1v) is 9.79. The Labute approximate surface area is 174 Å². The second kappa shape index (κ2) is 6.95. The molecule has 0 aromatic heterocycles. The van der Waals surface area contributed by atoms with Gasteiger partial charge in [-0.3, -0.25) is 0 Å². The van der Waals surface area contributed by atoms with Gasteiger partial charge in [-0.25, -0.2) is 4.79 Å². The fourth-order valence-electron chi connectivity index (χ4n) is 3.97. The average Bonchev–Trinajstić information content (AvgIpc) is 3.01. The molecular formula is C25H22O5. The van der Waals surface area contributed by atoms with Crippen molar-refractivity contribution in [1.29, 1.82) is 0 Å². The lowest BCUT2D eigenvalue weighted by Crippen LogP contribution is -2.32. The molecule has 2 N–H and O–H groups in total. The lowest BCUT2D eigenvalue weighted by atomic mass is 9.77. The topological polar surface area (TPSA) is 76.0 Å². The van der Waals surface area contributed by atoms with Gasteiger partial charge in [0.2, 0.25) is 0 Å². The Morgan fingerprint density at radius 3 is 1.93 bits per heavy atom. The van der Waals surface area contributed by atoms with Gasteiger partial charge < -0.3 is 19.7 Å². The quantitative estimate of drug-likeness (QED) is 0.509. The number of allylic oxidation sites excluding steroid dienone is 1. The highest BCUT2D eigenvalue weighted by Crippen LogP contribution is 2.57. The smallest absolute Gasteiger partial charge is 0.340 e. The third-order valence-electron chi connectivity index (χ3n) is 5.27. The van der Waals surface area contributed by atoms with Crippen LogP contribution in [0.5, 0.6) is 23.0 Å². The molecule has 152 valence electrons. The second-order valence-electron chi connectivity index (χ2n) is 7.07. The van der Waals surface area contributed by atoms with Crippen molar-refractivity contribution in [2.24, 2.45) is 0 Å². The van der Waals surface area contributed by atoms with Crippen LogP contribution in [0.25, 0.3) is 5.57 Å². The molecule has 2 heterocycles. The average molecular weight is 402 g/mol. The van der Waals surface area contributed by atoms with E-state index in [4.69, 9.17) is 9.47 Å². The molecule has 30 heavy (non-hydrogen) atoms. The number of benzene rings is 3. The van der Waals surface area contributed by atoms with E-state index in [9.17, 15) is 15.0 Å². The first-order chi connectivity index (χ1) is 14.4. The van der Waals surface area contributed by atoms with Crippen LogP contribution in [0.15, 0.2) is 61.2 Å². The maximum absolute atomic E-state index is 12.9. The van der Waals surface area contributed by atoms with Gasteiger partial charge in [0.05, 0.1) is 5.56 Å². The van der Waals surface area contributed by atoms with Gasteiger partial charge in [0.15, 0.2) is 5.60 Å². The number of aromatic hydroxyl groups is 2. The molecule has 0 amide bonds. The van der Waals surface area contributed by atoms with Gasteiger partial charge in [-0.2, -0.15) is 0 Å². The fraction of sp³-hybridized carbons (Fsp3) is 0.160. The number of fused-ring (bicyclic) bond motifs is 6. The van der Waals surface area contributed by atoms with Crippen LogP contribution in [0, 0.1) is 0 Å². The van der Waals surface area contributed by atoms with Crippen molar-refractivity contribution >= 4 is 11.5 Å². The third kappa shape index (κ3) is 2.66. The minimum atomic E-state index is -1.22. The predicted molar refractivity (Wildman–Crippen MR) is 114 cm³/mol. The number of esters is 1. The van der Waals surface area contributed by atoms with Crippen LogP contribution in [-0.4, -0.2) is 16.2 Å². The highest BCUT2D eigenvalue weighted by molar-refractivity contribution is 5.98. The van der Waals surface area contributed by atoms with Gasteiger partial charge >= 0.3 is 5.97 Å². The molecule has 1 spiro atoms. The van der Waals surface area contributed by atoms with Gasteiger partial charge in [-0.05, 0) is 42.8 Å². The number of phenolic OH excluding ortho intramolecular Hbond substituents is 2. The van der Waals surface area contributed by atoms with Crippen molar-refractivity contribution in [2.75, 3.05) is 0 Å². The summed E-state index contributed by atoms with van der Waals surface area (Å²) in [5.41, 5.74) is 2.85. The number of phenols is 2. The van der Waals surface area contributed by atoms with E-state index < -0.39 is 11.6 Å². The first-order valence-electron chi connectivity index (χ1n) is 9.79. The van der Waals surface area contributed by atoms with Gasteiger partial charge in [-0.1, -0.05) is 38.1 Å². The Hall–Kier alpha value is -3.73. The lowest BCUT2D eigenvalue weighted by Gasteiger charge is -2.36. The molecule has 0 atom stereocenters. The SMILES string of the molecule is C=C(C)c1ccc2c(c1)C(=O)OC21c2ccc(O)cc2Oc2cc(O)ccc21.CC. The summed E-state index contributed by atoms with van der Waals surface area (Å²) < 4.78 is 11.9. The Morgan fingerprint density at radius 1 is 0.867 bits per heavy atom. The Morgan fingerprint density at radius 2 is 1.40 bits per heavy atom. The minimum absolute atomic E-state index is 0.0275. The number of hydrogen-bond donors (Lipinski definition) is 2. The zero-order chi connectivity index (χ0) is 21.6. The van der Waals surface area contributed by atoms with E-state index in [2.05, 4.69) is 6.58 Å². The molecule has 5 heteroatoms. The molecule has 2 aliphatic heterocycles. The largest absolute Gasteiger partial charge is 0.508 e. The minimum Gasteiger partial charge on any atom is -0.508 e. The maximum Gasteiger partial charge on any atom is 0.340 e. The molecule has 0 fully saturated rings. The van der Waals surface area contributed by atoms with Crippen molar-refractivity contribution in [2.45, 2.75) is 26.4 Å². The predicted octanol–water partition coefficient (Wildman–Crippen LogP) is 5.73. The highest BCUT2D eigenvalue weighted by atomic mass is 16.6. The molecule has 0 unspecified atom stereocenters. The number of hydrogen-bond acceptors (Lipinski definition) is 5. The monoisotopic (exact) mass is 402 g/mol. The van der Waals surface area contributed by atoms with Crippen LogP contribution in [-0.2, 0) is 10.3 Å². The van der Waals surface area contributed by atoms with Gasteiger partial charge in [0.25, 0.3) is 0 Å². The molecule has 5 rings (SSSR count). The van der Waals surface area contributed by atoms with Crippen molar-refractivity contribution < 1.29 is 24.5 Å². The van der Waals surface area contributed by atoms with E-state index in [-0.39, 0.29) is 11.5 Å². The van der Waals surface area contributed by atoms with E-state index in [1.165, 1.54) is 24.3 Å². The molecule has 3 aromatic carbocycles. The van der Waals surface area contributed by atoms with Crippen molar-refractivity contribution in [3.05, 3.63) is 89.0 Å². The lowest BCUT2D eigenvalue weighted by molar-refractivity contribution is 0.0224. The van der Waals surface area contributed by atoms with E-state index in [1.54, 1.807) is 18.2 Å². The van der Waals surface area contributed by atoms with Crippen LogP contribution < -0.4 is 4.74 Å². The number of ether oxygens (including phenoxy) is 2. The summed E-state index contributed by atoms with van der Waals surface area (Å²) in [5, 5.41) is 19.8. The van der Waals surface area contributed by atoms with Crippen LogP contribution >= 0.6 is 0 Å². The molecule has 0 bridgehead atoms. The Kier molecular flexibility index (Phi) is 4.54. The van der Waals surface area contributed by atoms with Gasteiger partial charge in [-0.15, -0.1) is 0 Å².